The molecule has 1 fully saturated rings. The number of hydrogen-bond acceptors (Lipinski definition) is 11. The van der Waals surface area contributed by atoms with E-state index in [9.17, 15) is 29.7 Å². The maximum absolute atomic E-state index is 12.8. The number of carbonyl (C=O) groups excluding carboxylic acids is 2. The number of fused-ring (bicyclic) bond motifs is 2. The summed E-state index contributed by atoms with van der Waals surface area (Å²) < 4.78 is 1.26. The molecule has 3 atom stereocenters. The molecule has 0 bridgehead atoms. The number of carboxylic acids is 1. The van der Waals surface area contributed by atoms with Crippen LogP contribution in [-0.4, -0.2) is 86.2 Å². The highest BCUT2D eigenvalue weighted by Gasteiger charge is 2.54. The predicted molar refractivity (Wildman–Crippen MR) is 122 cm³/mol. The van der Waals surface area contributed by atoms with Crippen molar-refractivity contribution in [2.75, 3.05) is 11.5 Å². The van der Waals surface area contributed by atoms with Crippen molar-refractivity contribution in [3.63, 3.8) is 0 Å². The van der Waals surface area contributed by atoms with Crippen LogP contribution in [0.4, 0.5) is 0 Å². The molecule has 0 spiro atoms. The Labute approximate surface area is 205 Å². The number of carboxylic acid groups (broad SMARTS) is 1. The number of benzene rings is 1. The summed E-state index contributed by atoms with van der Waals surface area (Å²) >= 11 is 2.61. The molecule has 0 radical (unpaired) electrons. The van der Waals surface area contributed by atoms with E-state index in [0.717, 1.165) is 4.90 Å². The number of aliphatic hydroxyl groups is 1. The maximum Gasteiger partial charge on any atom is 0.352 e. The first-order chi connectivity index (χ1) is 16.8. The monoisotopic (exact) mass is 515 g/mol. The number of β-lactam (4-membered cyclic amide) rings is 1. The molecule has 2 aliphatic rings. The van der Waals surface area contributed by atoms with Crippen LogP contribution < -0.4 is 5.32 Å². The summed E-state index contributed by atoms with van der Waals surface area (Å²) in [5.41, 5.74) is 1.07. The zero-order valence-electron chi connectivity index (χ0n) is 17.7. The Morgan fingerprint density at radius 3 is 2.89 bits per heavy atom. The number of aromatic nitrogens is 5. The lowest BCUT2D eigenvalue weighted by Gasteiger charge is -2.49. The molecular formula is C20H17N7O6S2. The van der Waals surface area contributed by atoms with E-state index in [0.29, 0.717) is 22.0 Å². The van der Waals surface area contributed by atoms with Crippen molar-refractivity contribution in [3.8, 4) is 5.75 Å². The molecule has 1 aromatic carbocycles. The second-order valence-electron chi connectivity index (χ2n) is 7.64. The number of aromatic hydroxyl groups is 1. The summed E-state index contributed by atoms with van der Waals surface area (Å²) in [4.78, 5) is 38.5. The molecular weight excluding hydrogens is 498 g/mol. The first-order valence-electron chi connectivity index (χ1n) is 10.2. The molecule has 0 aliphatic carbocycles. The summed E-state index contributed by atoms with van der Waals surface area (Å²) in [6, 6.07) is 8.01. The minimum atomic E-state index is -1.59. The van der Waals surface area contributed by atoms with Crippen molar-refractivity contribution in [1.29, 1.82) is 0 Å². The summed E-state index contributed by atoms with van der Waals surface area (Å²) in [6.07, 6.45) is -1.59. The number of rotatable bonds is 7. The number of hydrogen-bond donors (Lipinski definition) is 4. The third-order valence-electron chi connectivity index (χ3n) is 5.42. The van der Waals surface area contributed by atoms with Gasteiger partial charge in [0.1, 0.15) is 27.9 Å². The molecule has 13 nitrogen and oxygen atoms in total. The van der Waals surface area contributed by atoms with Gasteiger partial charge in [0, 0.05) is 11.5 Å². The van der Waals surface area contributed by atoms with E-state index in [1.165, 1.54) is 52.4 Å². The standard InChI is InChI=1S/C20H17N7O6S2/c28-11-3-1-2-9(6-11)16(29)17(30)21-14-18(31)26-15(20(32)33)10(8-35-19(14)26)7-34-13-5-4-12-22-24-25-27(12)23-13/h1-6,14,16,19,28-29H,7-8H2,(H,21,30)(H,32,33)/t14?,16?,19-/m0/s1. The third kappa shape index (κ3) is 4.28. The van der Waals surface area contributed by atoms with E-state index >= 15 is 0 Å². The Hall–Kier alpha value is -3.69. The van der Waals surface area contributed by atoms with Crippen LogP contribution in [0.5, 0.6) is 5.75 Å². The van der Waals surface area contributed by atoms with Crippen LogP contribution in [0, 0.1) is 0 Å². The van der Waals surface area contributed by atoms with E-state index in [4.69, 9.17) is 0 Å². The van der Waals surface area contributed by atoms with Crippen LogP contribution in [0.2, 0.25) is 0 Å². The average Bonchev–Trinajstić information content (AvgIpc) is 3.32. The molecule has 2 amide bonds. The van der Waals surface area contributed by atoms with Crippen molar-refractivity contribution < 1.29 is 29.7 Å². The molecule has 15 heteroatoms. The molecule has 5 rings (SSSR count). The fourth-order valence-corrected chi connectivity index (χ4v) is 6.08. The van der Waals surface area contributed by atoms with Gasteiger partial charge in [0.15, 0.2) is 11.8 Å². The number of phenolic OH excluding ortho intramolecular Hbond substituents is 1. The third-order valence-corrected chi connectivity index (χ3v) is 7.77. The SMILES string of the molecule is O=C(O)C1=C(CSc2ccc3nnnn3n2)CS[C@H]2C(NC(=O)C(O)c3cccc(O)c3)C(=O)N12. The van der Waals surface area contributed by atoms with Gasteiger partial charge in [-0.2, -0.15) is 0 Å². The smallest absolute Gasteiger partial charge is 0.352 e. The first kappa shape index (κ1) is 23.1. The van der Waals surface area contributed by atoms with Gasteiger partial charge in [0.2, 0.25) is 0 Å². The van der Waals surface area contributed by atoms with E-state index < -0.39 is 35.3 Å². The van der Waals surface area contributed by atoms with Gasteiger partial charge in [-0.3, -0.25) is 14.5 Å². The number of aliphatic hydroxyl groups excluding tert-OH is 1. The van der Waals surface area contributed by atoms with Gasteiger partial charge in [-0.15, -0.1) is 38.4 Å². The zero-order chi connectivity index (χ0) is 24.7. The minimum Gasteiger partial charge on any atom is -0.508 e. The first-order valence-corrected chi connectivity index (χ1v) is 12.2. The summed E-state index contributed by atoms with van der Waals surface area (Å²) in [5, 5.41) is 47.4. The Balaban J connectivity index is 1.28. The van der Waals surface area contributed by atoms with Gasteiger partial charge in [-0.05, 0) is 45.8 Å². The minimum absolute atomic E-state index is 0.113. The van der Waals surface area contributed by atoms with Crippen LogP contribution in [0.1, 0.15) is 11.7 Å². The van der Waals surface area contributed by atoms with Crippen molar-refractivity contribution in [1.82, 2.24) is 35.5 Å². The van der Waals surface area contributed by atoms with E-state index in [2.05, 4.69) is 25.9 Å². The van der Waals surface area contributed by atoms with Gasteiger partial charge >= 0.3 is 5.97 Å². The fourth-order valence-electron chi connectivity index (χ4n) is 3.74. The van der Waals surface area contributed by atoms with Gasteiger partial charge in [-0.25, -0.2) is 4.79 Å². The number of thioether (sulfide) groups is 2. The summed E-state index contributed by atoms with van der Waals surface area (Å²) in [7, 11) is 0. The van der Waals surface area contributed by atoms with E-state index in [-0.39, 0.29) is 22.8 Å². The van der Waals surface area contributed by atoms with Crippen molar-refractivity contribution in [3.05, 3.63) is 53.2 Å². The second-order valence-corrected chi connectivity index (χ2v) is 9.74. The number of nitrogens with one attached hydrogen (secondary N) is 1. The molecule has 1 saturated heterocycles. The molecule has 180 valence electrons. The molecule has 4 N–H and O–H groups in total. The lowest BCUT2D eigenvalue weighted by molar-refractivity contribution is -0.151. The van der Waals surface area contributed by atoms with E-state index in [1.54, 1.807) is 12.1 Å². The van der Waals surface area contributed by atoms with Crippen LogP contribution >= 0.6 is 23.5 Å². The molecule has 35 heavy (non-hydrogen) atoms. The van der Waals surface area contributed by atoms with Gasteiger partial charge in [-0.1, -0.05) is 12.1 Å². The van der Waals surface area contributed by atoms with Crippen molar-refractivity contribution in [2.45, 2.75) is 22.5 Å². The lowest BCUT2D eigenvalue weighted by atomic mass is 10.0. The molecule has 3 aromatic rings. The van der Waals surface area contributed by atoms with Gasteiger partial charge < -0.3 is 20.6 Å². The average molecular weight is 516 g/mol. The zero-order valence-corrected chi connectivity index (χ0v) is 19.3. The normalized spacial score (nSPS) is 20.4. The molecule has 2 aliphatic heterocycles. The molecule has 2 unspecified atom stereocenters. The molecule has 4 heterocycles. The summed E-state index contributed by atoms with van der Waals surface area (Å²) in [6.45, 7) is 0. The van der Waals surface area contributed by atoms with Crippen molar-refractivity contribution >= 4 is 47.0 Å². The number of carbonyl (C=O) groups is 3. The highest BCUT2D eigenvalue weighted by molar-refractivity contribution is 8.01. The largest absolute Gasteiger partial charge is 0.508 e. The molecule has 2 aromatic heterocycles. The number of aliphatic carboxylic acids is 1. The second kappa shape index (κ2) is 9.16. The molecule has 0 saturated carbocycles. The quantitative estimate of drug-likeness (QED) is 0.240. The fraction of sp³-hybridized carbons (Fsp3) is 0.250. The Morgan fingerprint density at radius 2 is 2.11 bits per heavy atom. The number of phenols is 1. The Kier molecular flexibility index (Phi) is 6.04. The highest BCUT2D eigenvalue weighted by Crippen LogP contribution is 2.41. The van der Waals surface area contributed by atoms with E-state index in [1.807, 2.05) is 0 Å². The number of amides is 2. The Bertz CT molecular complexity index is 1380. The summed E-state index contributed by atoms with van der Waals surface area (Å²) in [5.74, 6) is -2.14. The van der Waals surface area contributed by atoms with Crippen LogP contribution in [0.25, 0.3) is 5.65 Å². The topological polar surface area (TPSA) is 183 Å². The highest BCUT2D eigenvalue weighted by atomic mass is 32.2. The lowest BCUT2D eigenvalue weighted by Crippen LogP contribution is -2.70. The van der Waals surface area contributed by atoms with Crippen molar-refractivity contribution in [2.24, 2.45) is 0 Å². The van der Waals surface area contributed by atoms with Crippen LogP contribution in [0.15, 0.2) is 52.7 Å². The Morgan fingerprint density at radius 1 is 1.29 bits per heavy atom. The van der Waals surface area contributed by atoms with Gasteiger partial charge in [0.25, 0.3) is 11.8 Å². The predicted octanol–water partition coefficient (Wildman–Crippen LogP) is -0.211. The van der Waals surface area contributed by atoms with Crippen LogP contribution in [0.3, 0.4) is 0 Å². The van der Waals surface area contributed by atoms with Crippen LogP contribution in [-0.2, 0) is 14.4 Å². The number of tetrazole rings is 1. The maximum atomic E-state index is 12.8. The van der Waals surface area contributed by atoms with Gasteiger partial charge in [0.05, 0.1) is 0 Å². The number of nitrogens with zero attached hydrogens (tertiary/aromatic N) is 6.